The van der Waals surface area contributed by atoms with Crippen molar-refractivity contribution < 1.29 is 13.2 Å². The van der Waals surface area contributed by atoms with Gasteiger partial charge in [-0.15, -0.1) is 11.3 Å². The molecule has 0 aliphatic heterocycles. The summed E-state index contributed by atoms with van der Waals surface area (Å²) in [6, 6.07) is 8.51. The zero-order valence-corrected chi connectivity index (χ0v) is 18.7. The largest absolute Gasteiger partial charge is 0.345 e. The van der Waals surface area contributed by atoms with Crippen LogP contribution in [0.4, 0.5) is 10.8 Å². The average molecular weight is 476 g/mol. The molecule has 1 aromatic carbocycles. The van der Waals surface area contributed by atoms with Crippen LogP contribution >= 0.6 is 22.9 Å². The topological polar surface area (TPSA) is 117 Å². The highest BCUT2D eigenvalue weighted by atomic mass is 35.5. The molecule has 0 saturated carbocycles. The first-order valence-corrected chi connectivity index (χ1v) is 12.2. The van der Waals surface area contributed by atoms with E-state index in [-0.39, 0.29) is 18.1 Å². The highest BCUT2D eigenvalue weighted by Gasteiger charge is 2.14. The number of aromatic nitrogens is 3. The molecule has 4 rings (SSSR count). The van der Waals surface area contributed by atoms with Crippen molar-refractivity contribution in [3.8, 4) is 11.3 Å². The van der Waals surface area contributed by atoms with E-state index in [1.165, 1.54) is 17.4 Å². The molecule has 0 aliphatic rings. The van der Waals surface area contributed by atoms with Gasteiger partial charge in [0.05, 0.1) is 17.9 Å². The number of rotatable bonds is 7. The number of carbonyl (C=O) groups is 1. The van der Waals surface area contributed by atoms with E-state index in [1.807, 2.05) is 23.7 Å². The number of amides is 1. The SMILES string of the molecule is CCS(=O)(=O)Nc1ccc(CC(=O)Nc2nc(-c3c[nH]c4ncccc34)cs2)c(Cl)c1. The normalized spacial score (nSPS) is 11.5. The molecule has 0 atom stereocenters. The number of sulfonamides is 1. The van der Waals surface area contributed by atoms with Crippen LogP contribution in [-0.2, 0) is 21.2 Å². The smallest absolute Gasteiger partial charge is 0.232 e. The van der Waals surface area contributed by atoms with E-state index in [0.717, 1.165) is 22.3 Å². The Morgan fingerprint density at radius 1 is 1.29 bits per heavy atom. The number of nitrogens with zero attached hydrogens (tertiary/aromatic N) is 2. The number of halogens is 1. The first kappa shape index (κ1) is 21.3. The lowest BCUT2D eigenvalue weighted by Gasteiger charge is -2.09. The zero-order valence-electron chi connectivity index (χ0n) is 16.3. The van der Waals surface area contributed by atoms with Gasteiger partial charge in [-0.1, -0.05) is 17.7 Å². The Balaban J connectivity index is 1.44. The number of fused-ring (bicyclic) bond motifs is 1. The Labute approximate surface area is 187 Å². The fourth-order valence-corrected chi connectivity index (χ4v) is 4.57. The summed E-state index contributed by atoms with van der Waals surface area (Å²) in [4.78, 5) is 24.3. The van der Waals surface area contributed by atoms with Crippen molar-refractivity contribution in [2.75, 3.05) is 15.8 Å². The molecule has 31 heavy (non-hydrogen) atoms. The summed E-state index contributed by atoms with van der Waals surface area (Å²) in [5.74, 6) is -0.315. The number of hydrogen-bond acceptors (Lipinski definition) is 6. The van der Waals surface area contributed by atoms with Gasteiger partial charge in [0.1, 0.15) is 5.65 Å². The van der Waals surface area contributed by atoms with Crippen molar-refractivity contribution in [2.45, 2.75) is 13.3 Å². The van der Waals surface area contributed by atoms with E-state index in [0.29, 0.717) is 21.4 Å². The number of pyridine rings is 1. The summed E-state index contributed by atoms with van der Waals surface area (Å²) in [6.45, 7) is 1.54. The molecule has 0 saturated heterocycles. The first-order valence-electron chi connectivity index (χ1n) is 9.31. The van der Waals surface area contributed by atoms with Crippen LogP contribution in [0.15, 0.2) is 48.1 Å². The number of H-pyrrole nitrogens is 1. The lowest BCUT2D eigenvalue weighted by atomic mass is 10.1. The second-order valence-corrected chi connectivity index (χ2v) is 9.95. The Hall–Kier alpha value is -2.95. The van der Waals surface area contributed by atoms with Crippen LogP contribution in [0, 0.1) is 0 Å². The number of hydrogen-bond donors (Lipinski definition) is 3. The molecule has 0 unspecified atom stereocenters. The van der Waals surface area contributed by atoms with Gasteiger partial charge >= 0.3 is 0 Å². The van der Waals surface area contributed by atoms with Crippen molar-refractivity contribution >= 4 is 60.7 Å². The maximum Gasteiger partial charge on any atom is 0.232 e. The molecule has 1 amide bonds. The monoisotopic (exact) mass is 475 g/mol. The number of nitrogens with one attached hydrogen (secondary N) is 3. The van der Waals surface area contributed by atoms with Crippen LogP contribution in [0.3, 0.4) is 0 Å². The summed E-state index contributed by atoms with van der Waals surface area (Å²) in [5.41, 5.74) is 3.36. The number of benzene rings is 1. The molecular formula is C20H18ClN5O3S2. The summed E-state index contributed by atoms with van der Waals surface area (Å²) < 4.78 is 25.8. The van der Waals surface area contributed by atoms with E-state index in [2.05, 4.69) is 25.0 Å². The van der Waals surface area contributed by atoms with Gasteiger partial charge < -0.3 is 10.3 Å². The van der Waals surface area contributed by atoms with Crippen molar-refractivity contribution in [1.82, 2.24) is 15.0 Å². The van der Waals surface area contributed by atoms with Crippen LogP contribution in [0.2, 0.25) is 5.02 Å². The molecule has 0 radical (unpaired) electrons. The molecule has 0 bridgehead atoms. The van der Waals surface area contributed by atoms with Gasteiger partial charge in [-0.05, 0) is 36.8 Å². The maximum absolute atomic E-state index is 12.5. The van der Waals surface area contributed by atoms with E-state index < -0.39 is 10.0 Å². The van der Waals surface area contributed by atoms with Crippen molar-refractivity contribution in [1.29, 1.82) is 0 Å². The number of anilines is 2. The molecular weight excluding hydrogens is 458 g/mol. The van der Waals surface area contributed by atoms with Crippen molar-refractivity contribution in [2.24, 2.45) is 0 Å². The van der Waals surface area contributed by atoms with Gasteiger partial charge in [0.2, 0.25) is 15.9 Å². The molecule has 0 spiro atoms. The van der Waals surface area contributed by atoms with Gasteiger partial charge in [0.15, 0.2) is 5.13 Å². The van der Waals surface area contributed by atoms with E-state index >= 15 is 0 Å². The predicted octanol–water partition coefficient (Wildman–Crippen LogP) is 4.28. The van der Waals surface area contributed by atoms with Gasteiger partial charge in [0.25, 0.3) is 0 Å². The Morgan fingerprint density at radius 3 is 2.90 bits per heavy atom. The number of carbonyl (C=O) groups excluding carboxylic acids is 1. The minimum Gasteiger partial charge on any atom is -0.345 e. The van der Waals surface area contributed by atoms with Crippen LogP contribution in [-0.4, -0.2) is 35.0 Å². The third kappa shape index (κ3) is 4.87. The quantitative estimate of drug-likeness (QED) is 0.368. The average Bonchev–Trinajstić information content (AvgIpc) is 3.36. The Bertz CT molecular complexity index is 1360. The third-order valence-electron chi connectivity index (χ3n) is 4.54. The summed E-state index contributed by atoms with van der Waals surface area (Å²) in [5, 5.41) is 6.38. The van der Waals surface area contributed by atoms with Crippen LogP contribution < -0.4 is 10.0 Å². The van der Waals surface area contributed by atoms with Gasteiger partial charge in [0, 0.05) is 39.4 Å². The first-order chi connectivity index (χ1) is 14.8. The van der Waals surface area contributed by atoms with E-state index in [4.69, 9.17) is 11.6 Å². The minimum absolute atomic E-state index is 0.0333. The fourth-order valence-electron chi connectivity index (χ4n) is 2.97. The summed E-state index contributed by atoms with van der Waals surface area (Å²) in [7, 11) is -3.40. The molecule has 4 aromatic rings. The molecule has 3 aromatic heterocycles. The fraction of sp³-hybridized carbons (Fsp3) is 0.150. The Kier molecular flexibility index (Phi) is 5.94. The lowest BCUT2D eigenvalue weighted by Crippen LogP contribution is -2.16. The zero-order chi connectivity index (χ0) is 22.0. The highest BCUT2D eigenvalue weighted by molar-refractivity contribution is 7.92. The van der Waals surface area contributed by atoms with Crippen molar-refractivity contribution in [3.05, 3.63) is 58.7 Å². The van der Waals surface area contributed by atoms with Crippen molar-refractivity contribution in [3.63, 3.8) is 0 Å². The summed E-state index contributed by atoms with van der Waals surface area (Å²) >= 11 is 7.56. The molecule has 8 nitrogen and oxygen atoms in total. The molecule has 160 valence electrons. The van der Waals surface area contributed by atoms with Crippen LogP contribution in [0.1, 0.15) is 12.5 Å². The number of thiazole rings is 1. The Morgan fingerprint density at radius 2 is 2.13 bits per heavy atom. The predicted molar refractivity (Wildman–Crippen MR) is 124 cm³/mol. The second kappa shape index (κ2) is 8.66. The molecule has 3 heterocycles. The second-order valence-electron chi connectivity index (χ2n) is 6.68. The van der Waals surface area contributed by atoms with Crippen LogP contribution in [0.25, 0.3) is 22.3 Å². The van der Waals surface area contributed by atoms with E-state index in [1.54, 1.807) is 25.3 Å². The standard InChI is InChI=1S/C20H18ClN5O3S2/c1-2-31(28,29)26-13-6-5-12(16(21)9-13)8-18(27)25-20-24-17(11-30-20)15-10-23-19-14(15)4-3-7-22-19/h3-7,9-11,26H,2,8H2,1H3,(H,22,23)(H,24,25,27). The lowest BCUT2D eigenvalue weighted by molar-refractivity contribution is -0.115. The minimum atomic E-state index is -3.40. The van der Waals surface area contributed by atoms with Gasteiger partial charge in [-0.25, -0.2) is 18.4 Å². The van der Waals surface area contributed by atoms with Gasteiger partial charge in [-0.2, -0.15) is 0 Å². The molecule has 11 heteroatoms. The molecule has 0 aliphatic carbocycles. The molecule has 0 fully saturated rings. The highest BCUT2D eigenvalue weighted by Crippen LogP contribution is 2.30. The van der Waals surface area contributed by atoms with Gasteiger partial charge in [-0.3, -0.25) is 9.52 Å². The number of aromatic amines is 1. The summed E-state index contributed by atoms with van der Waals surface area (Å²) in [6.07, 6.45) is 3.59. The van der Waals surface area contributed by atoms with Crippen LogP contribution in [0.5, 0.6) is 0 Å². The maximum atomic E-state index is 12.5. The molecule has 3 N–H and O–H groups in total. The third-order valence-corrected chi connectivity index (χ3v) is 6.95. The van der Waals surface area contributed by atoms with E-state index in [9.17, 15) is 13.2 Å².